The van der Waals surface area contributed by atoms with Crippen molar-refractivity contribution < 1.29 is 4.42 Å². The van der Waals surface area contributed by atoms with Gasteiger partial charge in [-0.25, -0.2) is 0 Å². The molecule has 0 aliphatic carbocycles. The van der Waals surface area contributed by atoms with E-state index in [1.165, 1.54) is 0 Å². The Morgan fingerprint density at radius 3 is 2.55 bits per heavy atom. The number of para-hydroxylation sites is 1. The Balaban J connectivity index is 1.42. The van der Waals surface area contributed by atoms with Crippen LogP contribution in [-0.4, -0.2) is 4.98 Å². The van der Waals surface area contributed by atoms with Gasteiger partial charge in [0.1, 0.15) is 11.3 Å². The van der Waals surface area contributed by atoms with E-state index >= 15 is 0 Å². The van der Waals surface area contributed by atoms with Crippen LogP contribution in [0.3, 0.4) is 0 Å². The maximum Gasteiger partial charge on any atom is 0.193 e. The quantitative estimate of drug-likeness (QED) is 0.441. The Morgan fingerprint density at radius 1 is 0.828 bits per heavy atom. The third-order valence-corrected chi connectivity index (χ3v) is 4.92. The molecule has 140 valence electrons. The molecule has 1 N–H and O–H groups in total. The van der Waals surface area contributed by atoms with Gasteiger partial charge >= 0.3 is 0 Å². The molecule has 29 heavy (non-hydrogen) atoms. The molecule has 4 heteroatoms. The Kier molecular flexibility index (Phi) is 4.30. The minimum Gasteiger partial charge on any atom is -0.456 e. The molecular weight excluding hydrogens is 360 g/mol. The van der Waals surface area contributed by atoms with Crippen LogP contribution in [0.4, 0.5) is 5.69 Å². The Morgan fingerprint density at radius 2 is 1.66 bits per heavy atom. The van der Waals surface area contributed by atoms with E-state index in [0.29, 0.717) is 23.3 Å². The first-order valence-electron chi connectivity index (χ1n) is 9.48. The topological polar surface area (TPSA) is 55.1 Å². The van der Waals surface area contributed by atoms with E-state index < -0.39 is 0 Å². The van der Waals surface area contributed by atoms with E-state index in [2.05, 4.69) is 16.4 Å². The number of hydrogen-bond donors (Lipinski definition) is 1. The fourth-order valence-electron chi connectivity index (χ4n) is 3.41. The van der Waals surface area contributed by atoms with Crippen molar-refractivity contribution in [3.05, 3.63) is 107 Å². The van der Waals surface area contributed by atoms with E-state index in [9.17, 15) is 4.79 Å². The van der Waals surface area contributed by atoms with E-state index in [4.69, 9.17) is 4.42 Å². The average Bonchev–Trinajstić information content (AvgIpc) is 2.78. The maximum absolute atomic E-state index is 12.6. The van der Waals surface area contributed by atoms with Gasteiger partial charge in [0.25, 0.3) is 0 Å². The molecule has 0 saturated carbocycles. The van der Waals surface area contributed by atoms with Crippen LogP contribution in [-0.2, 0) is 6.54 Å². The summed E-state index contributed by atoms with van der Waals surface area (Å²) in [6.45, 7) is 0.573. The summed E-state index contributed by atoms with van der Waals surface area (Å²) in [5.41, 5.74) is 4.17. The summed E-state index contributed by atoms with van der Waals surface area (Å²) in [4.78, 5) is 17.3. The summed E-state index contributed by atoms with van der Waals surface area (Å²) in [6, 6.07) is 28.9. The molecule has 0 aliphatic heterocycles. The molecule has 0 radical (unpaired) electrons. The third-order valence-electron chi connectivity index (χ3n) is 4.92. The highest BCUT2D eigenvalue weighted by molar-refractivity contribution is 5.82. The number of anilines is 1. The second-order valence-electron chi connectivity index (χ2n) is 6.90. The van der Waals surface area contributed by atoms with Crippen molar-refractivity contribution in [2.45, 2.75) is 6.54 Å². The molecule has 2 heterocycles. The van der Waals surface area contributed by atoms with Gasteiger partial charge in [-0.3, -0.25) is 9.78 Å². The minimum absolute atomic E-state index is 0.0578. The van der Waals surface area contributed by atoms with Gasteiger partial charge in [-0.05, 0) is 30.3 Å². The average molecular weight is 378 g/mol. The van der Waals surface area contributed by atoms with E-state index in [0.717, 1.165) is 27.8 Å². The van der Waals surface area contributed by atoms with Crippen LogP contribution in [0.5, 0.6) is 0 Å². The number of nitrogens with one attached hydrogen (secondary N) is 1. The lowest BCUT2D eigenvalue weighted by Gasteiger charge is -2.09. The van der Waals surface area contributed by atoms with Gasteiger partial charge in [0.2, 0.25) is 0 Å². The van der Waals surface area contributed by atoms with Gasteiger partial charge in [0.15, 0.2) is 5.43 Å². The number of rotatable bonds is 4. The van der Waals surface area contributed by atoms with Gasteiger partial charge in [-0.1, -0.05) is 54.6 Å². The van der Waals surface area contributed by atoms with E-state index in [-0.39, 0.29) is 5.43 Å². The van der Waals surface area contributed by atoms with Crippen LogP contribution in [0, 0.1) is 0 Å². The zero-order chi connectivity index (χ0) is 19.6. The summed E-state index contributed by atoms with van der Waals surface area (Å²) < 4.78 is 5.95. The van der Waals surface area contributed by atoms with E-state index in [1.807, 2.05) is 78.9 Å². The minimum atomic E-state index is -0.0578. The molecule has 5 aromatic rings. The molecule has 0 amide bonds. The fourth-order valence-corrected chi connectivity index (χ4v) is 3.41. The summed E-state index contributed by atoms with van der Waals surface area (Å²) in [5.74, 6) is 0.573. The number of aromatic nitrogens is 1. The van der Waals surface area contributed by atoms with Crippen molar-refractivity contribution in [3.63, 3.8) is 0 Å². The second-order valence-corrected chi connectivity index (χ2v) is 6.90. The zero-order valence-corrected chi connectivity index (χ0v) is 15.6. The first kappa shape index (κ1) is 17.2. The van der Waals surface area contributed by atoms with Crippen LogP contribution in [0.15, 0.2) is 100 Å². The maximum atomic E-state index is 12.6. The second kappa shape index (κ2) is 7.24. The Hall–Kier alpha value is -3.92. The highest BCUT2D eigenvalue weighted by Crippen LogP contribution is 2.24. The van der Waals surface area contributed by atoms with Gasteiger partial charge in [-0.2, -0.15) is 0 Å². The Labute approximate surface area is 167 Å². The predicted octanol–water partition coefficient (Wildman–Crippen LogP) is 5.62. The standard InChI is InChI=1S/C25H18N2O2/c28-23-15-25(18-7-2-1-3-8-18)29-24-13-12-19(14-21(23)24)26-16-20-11-10-17-6-4-5-9-22(17)27-20/h1-15,26H,16H2. The number of hydrogen-bond acceptors (Lipinski definition) is 4. The molecule has 4 nitrogen and oxygen atoms in total. The molecule has 0 fully saturated rings. The molecule has 0 atom stereocenters. The SMILES string of the molecule is O=c1cc(-c2ccccc2)oc2ccc(NCc3ccc4ccccc4n3)cc12. The van der Waals surface area contributed by atoms with Crippen LogP contribution in [0.25, 0.3) is 33.2 Å². The summed E-state index contributed by atoms with van der Waals surface area (Å²) in [7, 11) is 0. The Bertz CT molecular complexity index is 1370. The van der Waals surface area contributed by atoms with Crippen molar-refractivity contribution in [2.75, 3.05) is 5.32 Å². The van der Waals surface area contributed by atoms with Crippen molar-refractivity contribution in [1.29, 1.82) is 0 Å². The lowest BCUT2D eigenvalue weighted by Crippen LogP contribution is -2.04. The van der Waals surface area contributed by atoms with Gasteiger partial charge < -0.3 is 9.73 Å². The first-order chi connectivity index (χ1) is 14.3. The van der Waals surface area contributed by atoms with Gasteiger partial charge in [-0.15, -0.1) is 0 Å². The van der Waals surface area contributed by atoms with E-state index in [1.54, 1.807) is 6.07 Å². The van der Waals surface area contributed by atoms with Crippen molar-refractivity contribution in [2.24, 2.45) is 0 Å². The van der Waals surface area contributed by atoms with Crippen molar-refractivity contribution in [1.82, 2.24) is 4.98 Å². The van der Waals surface area contributed by atoms with Crippen LogP contribution < -0.4 is 10.7 Å². The molecule has 3 aromatic carbocycles. The highest BCUT2D eigenvalue weighted by atomic mass is 16.3. The summed E-state index contributed by atoms with van der Waals surface area (Å²) in [5, 5.41) is 5.02. The first-order valence-corrected chi connectivity index (χ1v) is 9.48. The smallest absolute Gasteiger partial charge is 0.193 e. The molecule has 0 bridgehead atoms. The predicted molar refractivity (Wildman–Crippen MR) is 117 cm³/mol. The molecular formula is C25H18N2O2. The van der Waals surface area contributed by atoms with Gasteiger partial charge in [0, 0.05) is 22.7 Å². The normalized spacial score (nSPS) is 11.0. The largest absolute Gasteiger partial charge is 0.456 e. The molecule has 0 aliphatic rings. The third kappa shape index (κ3) is 3.48. The number of benzene rings is 3. The lowest BCUT2D eigenvalue weighted by atomic mass is 10.1. The zero-order valence-electron chi connectivity index (χ0n) is 15.6. The molecule has 0 spiro atoms. The molecule has 5 rings (SSSR count). The van der Waals surface area contributed by atoms with Crippen LogP contribution >= 0.6 is 0 Å². The van der Waals surface area contributed by atoms with Crippen LogP contribution in [0.2, 0.25) is 0 Å². The monoisotopic (exact) mass is 378 g/mol. The molecule has 0 unspecified atom stereocenters. The van der Waals surface area contributed by atoms with Crippen molar-refractivity contribution in [3.8, 4) is 11.3 Å². The summed E-state index contributed by atoms with van der Waals surface area (Å²) >= 11 is 0. The van der Waals surface area contributed by atoms with Crippen molar-refractivity contribution >= 4 is 27.6 Å². The number of pyridine rings is 1. The number of nitrogens with zero attached hydrogens (tertiary/aromatic N) is 1. The summed E-state index contributed by atoms with van der Waals surface area (Å²) in [6.07, 6.45) is 0. The molecule has 2 aromatic heterocycles. The highest BCUT2D eigenvalue weighted by Gasteiger charge is 2.08. The fraction of sp³-hybridized carbons (Fsp3) is 0.0400. The van der Waals surface area contributed by atoms with Crippen LogP contribution in [0.1, 0.15) is 5.69 Å². The van der Waals surface area contributed by atoms with Gasteiger partial charge in [0.05, 0.1) is 23.1 Å². The number of fused-ring (bicyclic) bond motifs is 2. The molecule has 0 saturated heterocycles. The lowest BCUT2D eigenvalue weighted by molar-refractivity contribution is 0.619.